The predicted octanol–water partition coefficient (Wildman–Crippen LogP) is 0.251. The lowest BCUT2D eigenvalue weighted by Gasteiger charge is -2.26. The minimum absolute atomic E-state index is 0.113. The minimum atomic E-state index is -0.163. The van der Waals surface area contributed by atoms with Gasteiger partial charge in [0.1, 0.15) is 5.69 Å². The summed E-state index contributed by atoms with van der Waals surface area (Å²) >= 11 is 5.81. The summed E-state index contributed by atoms with van der Waals surface area (Å²) in [6.45, 7) is 1.15. The summed E-state index contributed by atoms with van der Waals surface area (Å²) in [5.41, 5.74) is 0.500. The van der Waals surface area contributed by atoms with E-state index in [0.29, 0.717) is 23.8 Å². The van der Waals surface area contributed by atoms with Gasteiger partial charge in [-0.15, -0.1) is 0 Å². The Morgan fingerprint density at radius 1 is 1.56 bits per heavy atom. The summed E-state index contributed by atoms with van der Waals surface area (Å²) in [6, 6.07) is 1.61. The molecular formula is C10H12ClN3O2. The largest absolute Gasteiger partial charge is 0.353 e. The zero-order valence-corrected chi connectivity index (χ0v) is 9.62. The van der Waals surface area contributed by atoms with Gasteiger partial charge in [0.05, 0.1) is 11.6 Å². The van der Waals surface area contributed by atoms with Crippen LogP contribution in [0.1, 0.15) is 10.5 Å². The van der Waals surface area contributed by atoms with Crippen LogP contribution in [0.15, 0.2) is 12.3 Å². The van der Waals surface area contributed by atoms with E-state index in [-0.39, 0.29) is 18.4 Å². The predicted molar refractivity (Wildman–Crippen MR) is 59.3 cm³/mol. The van der Waals surface area contributed by atoms with Gasteiger partial charge in [-0.1, -0.05) is 11.6 Å². The second-order valence-electron chi connectivity index (χ2n) is 3.73. The Labute approximate surface area is 98.0 Å². The molecule has 0 aliphatic carbocycles. The fraction of sp³-hybridized carbons (Fsp3) is 0.400. The van der Waals surface area contributed by atoms with Gasteiger partial charge in [-0.05, 0) is 6.07 Å². The molecule has 1 aliphatic rings. The Bertz CT molecular complexity index is 441. The van der Waals surface area contributed by atoms with Crippen LogP contribution < -0.4 is 5.32 Å². The maximum atomic E-state index is 12.0. The first kappa shape index (κ1) is 11.0. The SMILES string of the molecule is Cn1cc(Cl)cc1C(=O)N1CCNC(=O)C1. The lowest BCUT2D eigenvalue weighted by atomic mass is 10.3. The van der Waals surface area contributed by atoms with Gasteiger partial charge < -0.3 is 14.8 Å². The number of amides is 2. The van der Waals surface area contributed by atoms with Crippen molar-refractivity contribution in [2.75, 3.05) is 19.6 Å². The molecule has 16 heavy (non-hydrogen) atoms. The van der Waals surface area contributed by atoms with Crippen LogP contribution in [-0.4, -0.2) is 40.9 Å². The first-order chi connectivity index (χ1) is 7.58. The van der Waals surface area contributed by atoms with E-state index in [2.05, 4.69) is 5.32 Å². The molecular weight excluding hydrogens is 230 g/mol. The van der Waals surface area contributed by atoms with E-state index in [0.717, 1.165) is 0 Å². The molecule has 2 heterocycles. The maximum Gasteiger partial charge on any atom is 0.271 e. The van der Waals surface area contributed by atoms with Crippen LogP contribution in [-0.2, 0) is 11.8 Å². The highest BCUT2D eigenvalue weighted by molar-refractivity contribution is 6.31. The number of aromatic nitrogens is 1. The number of hydrogen-bond donors (Lipinski definition) is 1. The number of carbonyl (C=O) groups is 2. The van der Waals surface area contributed by atoms with E-state index in [4.69, 9.17) is 11.6 Å². The third-order valence-corrected chi connectivity index (χ3v) is 2.72. The van der Waals surface area contributed by atoms with Gasteiger partial charge in [0, 0.05) is 26.3 Å². The molecule has 0 saturated carbocycles. The topological polar surface area (TPSA) is 54.3 Å². The normalized spacial score (nSPS) is 16.1. The number of piperazine rings is 1. The van der Waals surface area contributed by atoms with E-state index in [1.807, 2.05) is 0 Å². The fourth-order valence-electron chi connectivity index (χ4n) is 1.71. The summed E-state index contributed by atoms with van der Waals surface area (Å²) < 4.78 is 1.66. The van der Waals surface area contributed by atoms with Gasteiger partial charge in [-0.25, -0.2) is 0 Å². The molecule has 2 rings (SSSR count). The van der Waals surface area contributed by atoms with Crippen LogP contribution in [0.2, 0.25) is 5.02 Å². The van der Waals surface area contributed by atoms with Crippen molar-refractivity contribution in [1.29, 1.82) is 0 Å². The van der Waals surface area contributed by atoms with Gasteiger partial charge >= 0.3 is 0 Å². The molecule has 86 valence electrons. The minimum Gasteiger partial charge on any atom is -0.353 e. The Kier molecular flexibility index (Phi) is 2.87. The highest BCUT2D eigenvalue weighted by Crippen LogP contribution is 2.14. The van der Waals surface area contributed by atoms with Crippen molar-refractivity contribution in [3.05, 3.63) is 23.0 Å². The van der Waals surface area contributed by atoms with Crippen LogP contribution >= 0.6 is 11.6 Å². The Morgan fingerprint density at radius 3 is 2.88 bits per heavy atom. The number of hydrogen-bond acceptors (Lipinski definition) is 2. The second-order valence-corrected chi connectivity index (χ2v) is 4.17. The lowest BCUT2D eigenvalue weighted by Crippen LogP contribution is -2.50. The number of nitrogens with one attached hydrogen (secondary N) is 1. The van der Waals surface area contributed by atoms with Crippen LogP contribution in [0.4, 0.5) is 0 Å². The number of halogens is 1. The molecule has 0 unspecified atom stereocenters. The Balaban J connectivity index is 2.18. The van der Waals surface area contributed by atoms with E-state index >= 15 is 0 Å². The van der Waals surface area contributed by atoms with Crippen LogP contribution in [0, 0.1) is 0 Å². The van der Waals surface area contributed by atoms with Crippen molar-refractivity contribution in [2.24, 2.45) is 7.05 Å². The van der Waals surface area contributed by atoms with E-state index in [1.165, 1.54) is 4.90 Å². The lowest BCUT2D eigenvalue weighted by molar-refractivity contribution is -0.123. The number of rotatable bonds is 1. The van der Waals surface area contributed by atoms with Crippen molar-refractivity contribution < 1.29 is 9.59 Å². The highest BCUT2D eigenvalue weighted by atomic mass is 35.5. The molecule has 5 nitrogen and oxygen atoms in total. The summed E-state index contributed by atoms with van der Waals surface area (Å²) in [6.07, 6.45) is 1.67. The molecule has 0 aromatic carbocycles. The van der Waals surface area contributed by atoms with Crippen molar-refractivity contribution in [2.45, 2.75) is 0 Å². The molecule has 1 saturated heterocycles. The van der Waals surface area contributed by atoms with E-state index in [9.17, 15) is 9.59 Å². The summed E-state index contributed by atoms with van der Waals surface area (Å²) in [5, 5.41) is 3.19. The summed E-state index contributed by atoms with van der Waals surface area (Å²) in [4.78, 5) is 24.7. The molecule has 1 aliphatic heterocycles. The number of nitrogens with zero attached hydrogens (tertiary/aromatic N) is 2. The molecule has 0 spiro atoms. The molecule has 1 aromatic rings. The molecule has 1 N–H and O–H groups in total. The molecule has 1 aromatic heterocycles. The maximum absolute atomic E-state index is 12.0. The molecule has 0 atom stereocenters. The summed E-state index contributed by atoms with van der Waals surface area (Å²) in [7, 11) is 1.75. The molecule has 1 fully saturated rings. The third-order valence-electron chi connectivity index (χ3n) is 2.52. The van der Waals surface area contributed by atoms with E-state index < -0.39 is 0 Å². The highest BCUT2D eigenvalue weighted by Gasteiger charge is 2.24. The Morgan fingerprint density at radius 2 is 2.31 bits per heavy atom. The van der Waals surface area contributed by atoms with Crippen LogP contribution in [0.25, 0.3) is 0 Å². The first-order valence-corrected chi connectivity index (χ1v) is 5.33. The van der Waals surface area contributed by atoms with Gasteiger partial charge in [0.15, 0.2) is 0 Å². The van der Waals surface area contributed by atoms with Crippen LogP contribution in [0.3, 0.4) is 0 Å². The fourth-order valence-corrected chi connectivity index (χ4v) is 1.96. The van der Waals surface area contributed by atoms with Gasteiger partial charge in [-0.2, -0.15) is 0 Å². The standard InChI is InChI=1S/C10H12ClN3O2/c1-13-5-7(11)4-8(13)10(16)14-3-2-12-9(15)6-14/h4-5H,2-3,6H2,1H3,(H,12,15). The monoisotopic (exact) mass is 241 g/mol. The zero-order chi connectivity index (χ0) is 11.7. The second kappa shape index (κ2) is 4.17. The first-order valence-electron chi connectivity index (χ1n) is 4.96. The zero-order valence-electron chi connectivity index (χ0n) is 8.86. The van der Waals surface area contributed by atoms with Crippen molar-refractivity contribution in [3.8, 4) is 0 Å². The molecule has 0 bridgehead atoms. The smallest absolute Gasteiger partial charge is 0.271 e. The van der Waals surface area contributed by atoms with Crippen molar-refractivity contribution in [3.63, 3.8) is 0 Å². The average molecular weight is 242 g/mol. The van der Waals surface area contributed by atoms with Gasteiger partial charge in [-0.3, -0.25) is 9.59 Å². The number of aryl methyl sites for hydroxylation is 1. The quantitative estimate of drug-likeness (QED) is 0.766. The van der Waals surface area contributed by atoms with Gasteiger partial charge in [0.25, 0.3) is 5.91 Å². The molecule has 2 amide bonds. The third kappa shape index (κ3) is 2.04. The molecule has 0 radical (unpaired) electrons. The Hall–Kier alpha value is -1.49. The van der Waals surface area contributed by atoms with Crippen molar-refractivity contribution in [1.82, 2.24) is 14.8 Å². The summed E-state index contributed by atoms with van der Waals surface area (Å²) in [5.74, 6) is -0.288. The van der Waals surface area contributed by atoms with E-state index in [1.54, 1.807) is 23.9 Å². The number of carbonyl (C=O) groups excluding carboxylic acids is 2. The molecule has 6 heteroatoms. The van der Waals surface area contributed by atoms with Gasteiger partial charge in [0.2, 0.25) is 5.91 Å². The average Bonchev–Trinajstić information content (AvgIpc) is 2.57. The van der Waals surface area contributed by atoms with Crippen LogP contribution in [0.5, 0.6) is 0 Å². The van der Waals surface area contributed by atoms with Crippen molar-refractivity contribution >= 4 is 23.4 Å².